The minimum atomic E-state index is 0.597. The fourth-order valence-corrected chi connectivity index (χ4v) is 4.66. The molecule has 0 bridgehead atoms. The zero-order valence-electron chi connectivity index (χ0n) is 16.6. The summed E-state index contributed by atoms with van der Waals surface area (Å²) in [6, 6.07) is 19.3. The molecule has 1 fully saturated rings. The summed E-state index contributed by atoms with van der Waals surface area (Å²) >= 11 is 6.54. The standard InChI is InChI=1S/C25H34ClN/c26-25-18-8-7-17-24(25)23(16-11-21-27-19-9-2-10-20-27)15-6-5-14-22-12-3-1-4-13-22/h1,3-4,7-8,12-13,17-18,23H,2,5-6,9-11,14-16,19-21H2. The SMILES string of the molecule is Clc1ccccc1C(CCCCc1ccccc1)CCCN1CCCCC1. The molecule has 1 aliphatic heterocycles. The second-order valence-corrected chi connectivity index (χ2v) is 8.40. The number of piperidine rings is 1. The van der Waals surface area contributed by atoms with Gasteiger partial charge in [-0.05, 0) is 87.7 Å². The van der Waals surface area contributed by atoms with E-state index in [0.717, 1.165) is 5.02 Å². The lowest BCUT2D eigenvalue weighted by Gasteiger charge is -2.27. The topological polar surface area (TPSA) is 3.24 Å². The van der Waals surface area contributed by atoms with Gasteiger partial charge in [-0.15, -0.1) is 0 Å². The van der Waals surface area contributed by atoms with Crippen molar-refractivity contribution in [1.29, 1.82) is 0 Å². The minimum absolute atomic E-state index is 0.597. The fourth-order valence-electron chi connectivity index (χ4n) is 4.37. The summed E-state index contributed by atoms with van der Waals surface area (Å²) < 4.78 is 0. The van der Waals surface area contributed by atoms with Crippen molar-refractivity contribution >= 4 is 11.6 Å². The normalized spacial score (nSPS) is 16.3. The average molecular weight is 384 g/mol. The number of benzene rings is 2. The summed E-state index contributed by atoms with van der Waals surface area (Å²) in [5.41, 5.74) is 2.81. The van der Waals surface area contributed by atoms with Crippen molar-refractivity contribution in [2.24, 2.45) is 0 Å². The first-order chi connectivity index (χ1) is 13.3. The summed E-state index contributed by atoms with van der Waals surface area (Å²) in [4.78, 5) is 2.66. The van der Waals surface area contributed by atoms with Crippen molar-refractivity contribution in [3.8, 4) is 0 Å². The van der Waals surface area contributed by atoms with Crippen LogP contribution in [-0.4, -0.2) is 24.5 Å². The molecule has 0 N–H and O–H groups in total. The van der Waals surface area contributed by atoms with Crippen molar-refractivity contribution in [2.75, 3.05) is 19.6 Å². The van der Waals surface area contributed by atoms with Crippen LogP contribution in [0.25, 0.3) is 0 Å². The Morgan fingerprint density at radius 1 is 0.778 bits per heavy atom. The van der Waals surface area contributed by atoms with E-state index >= 15 is 0 Å². The van der Waals surface area contributed by atoms with Gasteiger partial charge in [0.1, 0.15) is 0 Å². The van der Waals surface area contributed by atoms with Crippen molar-refractivity contribution in [1.82, 2.24) is 4.90 Å². The summed E-state index contributed by atoms with van der Waals surface area (Å²) in [6.45, 7) is 3.85. The van der Waals surface area contributed by atoms with Crippen LogP contribution >= 0.6 is 11.6 Å². The third-order valence-corrected chi connectivity index (χ3v) is 6.28. The minimum Gasteiger partial charge on any atom is -0.303 e. The molecule has 0 radical (unpaired) electrons. The molecule has 0 amide bonds. The van der Waals surface area contributed by atoms with E-state index in [4.69, 9.17) is 11.6 Å². The van der Waals surface area contributed by atoms with E-state index in [1.165, 1.54) is 88.5 Å². The predicted octanol–water partition coefficient (Wildman–Crippen LogP) is 7.10. The molecular formula is C25H34ClN. The van der Waals surface area contributed by atoms with Crippen molar-refractivity contribution in [3.63, 3.8) is 0 Å². The first-order valence-corrected chi connectivity index (χ1v) is 11.2. The quantitative estimate of drug-likeness (QED) is 0.395. The summed E-state index contributed by atoms with van der Waals surface area (Å²) in [7, 11) is 0. The van der Waals surface area contributed by atoms with Crippen molar-refractivity contribution in [2.45, 2.75) is 63.7 Å². The molecule has 3 rings (SSSR count). The van der Waals surface area contributed by atoms with Gasteiger partial charge in [-0.1, -0.05) is 73.0 Å². The highest BCUT2D eigenvalue weighted by Gasteiger charge is 2.16. The van der Waals surface area contributed by atoms with Crippen LogP contribution in [0, 0.1) is 0 Å². The second-order valence-electron chi connectivity index (χ2n) is 7.99. The maximum atomic E-state index is 6.54. The first kappa shape index (κ1) is 20.4. The molecule has 1 nitrogen and oxygen atoms in total. The number of hydrogen-bond donors (Lipinski definition) is 0. The summed E-state index contributed by atoms with van der Waals surface area (Å²) in [5, 5.41) is 0.948. The van der Waals surface area contributed by atoms with Crippen LogP contribution in [0.5, 0.6) is 0 Å². The smallest absolute Gasteiger partial charge is 0.0440 e. The monoisotopic (exact) mass is 383 g/mol. The number of unbranched alkanes of at least 4 members (excludes halogenated alkanes) is 1. The third-order valence-electron chi connectivity index (χ3n) is 5.93. The highest BCUT2D eigenvalue weighted by Crippen LogP contribution is 2.32. The summed E-state index contributed by atoms with van der Waals surface area (Å²) in [6.07, 6.45) is 11.7. The molecule has 0 saturated carbocycles. The molecule has 1 saturated heterocycles. The lowest BCUT2D eigenvalue weighted by atomic mass is 9.88. The molecule has 2 heteroatoms. The summed E-state index contributed by atoms with van der Waals surface area (Å²) in [5.74, 6) is 0.597. The third kappa shape index (κ3) is 6.97. The molecule has 0 aliphatic carbocycles. The highest BCUT2D eigenvalue weighted by atomic mass is 35.5. The maximum absolute atomic E-state index is 6.54. The van der Waals surface area contributed by atoms with E-state index in [1.54, 1.807) is 0 Å². The van der Waals surface area contributed by atoms with Gasteiger partial charge >= 0.3 is 0 Å². The fraction of sp³-hybridized carbons (Fsp3) is 0.520. The van der Waals surface area contributed by atoms with Gasteiger partial charge in [-0.3, -0.25) is 0 Å². The van der Waals surface area contributed by atoms with Crippen LogP contribution in [-0.2, 0) is 6.42 Å². The van der Waals surface area contributed by atoms with Gasteiger partial charge in [0, 0.05) is 5.02 Å². The number of aryl methyl sites for hydroxylation is 1. The molecule has 0 spiro atoms. The molecule has 1 aliphatic rings. The molecule has 0 aromatic heterocycles. The molecule has 2 aromatic carbocycles. The maximum Gasteiger partial charge on any atom is 0.0440 e. The lowest BCUT2D eigenvalue weighted by Crippen LogP contribution is -2.30. The van der Waals surface area contributed by atoms with Gasteiger partial charge in [0.25, 0.3) is 0 Å². The Morgan fingerprint density at radius 2 is 1.48 bits per heavy atom. The zero-order valence-corrected chi connectivity index (χ0v) is 17.3. The van der Waals surface area contributed by atoms with Gasteiger partial charge in [-0.2, -0.15) is 0 Å². The number of nitrogens with zero attached hydrogens (tertiary/aromatic N) is 1. The van der Waals surface area contributed by atoms with E-state index in [1.807, 2.05) is 6.07 Å². The van der Waals surface area contributed by atoms with Crippen LogP contribution < -0.4 is 0 Å². The van der Waals surface area contributed by atoms with Crippen molar-refractivity contribution < 1.29 is 0 Å². The van der Waals surface area contributed by atoms with Crippen LogP contribution in [0.3, 0.4) is 0 Å². The van der Waals surface area contributed by atoms with E-state index in [2.05, 4.69) is 53.4 Å². The molecule has 27 heavy (non-hydrogen) atoms. The zero-order chi connectivity index (χ0) is 18.7. The van der Waals surface area contributed by atoms with Gasteiger partial charge in [0.15, 0.2) is 0 Å². The Kier molecular flexibility index (Phi) is 8.71. The highest BCUT2D eigenvalue weighted by molar-refractivity contribution is 6.31. The molecule has 1 heterocycles. The number of rotatable bonds is 10. The predicted molar refractivity (Wildman–Crippen MR) is 118 cm³/mol. The van der Waals surface area contributed by atoms with E-state index in [-0.39, 0.29) is 0 Å². The van der Waals surface area contributed by atoms with Crippen LogP contribution in [0.1, 0.15) is 68.4 Å². The molecule has 146 valence electrons. The Morgan fingerprint density at radius 3 is 2.26 bits per heavy atom. The number of hydrogen-bond acceptors (Lipinski definition) is 1. The molecule has 1 atom stereocenters. The van der Waals surface area contributed by atoms with E-state index < -0.39 is 0 Å². The Hall–Kier alpha value is -1.31. The van der Waals surface area contributed by atoms with Gasteiger partial charge in [0.05, 0.1) is 0 Å². The van der Waals surface area contributed by atoms with Gasteiger partial charge in [0.2, 0.25) is 0 Å². The Labute approximate surface area is 170 Å². The Bertz CT molecular complexity index is 648. The Balaban J connectivity index is 1.49. The van der Waals surface area contributed by atoms with E-state index in [0.29, 0.717) is 5.92 Å². The van der Waals surface area contributed by atoms with Gasteiger partial charge in [-0.25, -0.2) is 0 Å². The molecular weight excluding hydrogens is 350 g/mol. The first-order valence-electron chi connectivity index (χ1n) is 10.8. The van der Waals surface area contributed by atoms with Crippen LogP contribution in [0.2, 0.25) is 5.02 Å². The largest absolute Gasteiger partial charge is 0.303 e. The number of halogens is 1. The lowest BCUT2D eigenvalue weighted by molar-refractivity contribution is 0.222. The van der Waals surface area contributed by atoms with Crippen LogP contribution in [0.4, 0.5) is 0 Å². The van der Waals surface area contributed by atoms with Crippen molar-refractivity contribution in [3.05, 3.63) is 70.7 Å². The molecule has 2 aromatic rings. The van der Waals surface area contributed by atoms with Crippen LogP contribution in [0.15, 0.2) is 54.6 Å². The second kappa shape index (κ2) is 11.5. The van der Waals surface area contributed by atoms with Gasteiger partial charge < -0.3 is 4.90 Å². The van der Waals surface area contributed by atoms with E-state index in [9.17, 15) is 0 Å². The average Bonchev–Trinajstić information content (AvgIpc) is 2.72. The molecule has 1 unspecified atom stereocenters. The number of likely N-dealkylation sites (tertiary alicyclic amines) is 1.